The third-order valence-electron chi connectivity index (χ3n) is 3.02. The lowest BCUT2D eigenvalue weighted by molar-refractivity contribution is 0.0224. The Kier molecular flexibility index (Phi) is 6.48. The van der Waals surface area contributed by atoms with Crippen molar-refractivity contribution in [3.63, 3.8) is 0 Å². The number of rotatable bonds is 8. The van der Waals surface area contributed by atoms with Crippen LogP contribution in [0.1, 0.15) is 25.0 Å². The number of hydrogen-bond acceptors (Lipinski definition) is 4. The zero-order valence-electron chi connectivity index (χ0n) is 11.7. The van der Waals surface area contributed by atoms with E-state index in [2.05, 4.69) is 5.32 Å². The number of aliphatic hydroxyl groups excluding tert-OH is 1. The summed E-state index contributed by atoms with van der Waals surface area (Å²) in [6.45, 7) is 2.48. The van der Waals surface area contributed by atoms with Crippen LogP contribution in [0.25, 0.3) is 0 Å². The third kappa shape index (κ3) is 5.50. The monoisotopic (exact) mass is 289 g/mol. The van der Waals surface area contributed by atoms with Crippen LogP contribution in [-0.2, 0) is 4.74 Å². The van der Waals surface area contributed by atoms with Gasteiger partial charge in [0.15, 0.2) is 11.6 Å². The molecule has 0 bridgehead atoms. The van der Waals surface area contributed by atoms with E-state index >= 15 is 0 Å². The first kappa shape index (κ1) is 17.0. The first-order chi connectivity index (χ1) is 9.35. The van der Waals surface area contributed by atoms with Gasteiger partial charge in [-0.15, -0.1) is 0 Å². The highest BCUT2D eigenvalue weighted by Gasteiger charge is 2.20. The Labute approximate surface area is 117 Å². The quantitative estimate of drug-likeness (QED) is 0.676. The summed E-state index contributed by atoms with van der Waals surface area (Å²) in [5.74, 6) is -1.94. The van der Waals surface area contributed by atoms with Crippen molar-refractivity contribution in [3.05, 3.63) is 35.4 Å². The Morgan fingerprint density at radius 3 is 2.65 bits per heavy atom. The minimum atomic E-state index is -0.992. The lowest BCUT2D eigenvalue weighted by Crippen LogP contribution is -2.40. The molecular weight excluding hydrogens is 268 g/mol. The molecule has 114 valence electrons. The van der Waals surface area contributed by atoms with Gasteiger partial charge in [-0.25, -0.2) is 8.78 Å². The smallest absolute Gasteiger partial charge is 0.159 e. The fourth-order valence-corrected chi connectivity index (χ4v) is 1.73. The van der Waals surface area contributed by atoms with Crippen molar-refractivity contribution >= 4 is 0 Å². The van der Waals surface area contributed by atoms with Crippen LogP contribution in [0.5, 0.6) is 0 Å². The van der Waals surface area contributed by atoms with E-state index in [1.165, 1.54) is 6.07 Å². The predicted molar refractivity (Wildman–Crippen MR) is 71.3 cm³/mol. The van der Waals surface area contributed by atoms with E-state index in [0.29, 0.717) is 13.0 Å². The van der Waals surface area contributed by atoms with Crippen LogP contribution in [0.15, 0.2) is 18.2 Å². The van der Waals surface area contributed by atoms with Gasteiger partial charge < -0.3 is 20.3 Å². The minimum absolute atomic E-state index is 0.133. The van der Waals surface area contributed by atoms with Gasteiger partial charge in [-0.05, 0) is 24.6 Å². The normalized spacial score (nSPS) is 15.9. The SMILES string of the molecule is COCCC(C)(O)CNCC(O)c1ccc(F)c(F)c1. The van der Waals surface area contributed by atoms with Gasteiger partial charge in [0.1, 0.15) is 0 Å². The highest BCUT2D eigenvalue weighted by atomic mass is 19.2. The Morgan fingerprint density at radius 2 is 2.05 bits per heavy atom. The number of halogens is 2. The summed E-state index contributed by atoms with van der Waals surface area (Å²) in [4.78, 5) is 0. The van der Waals surface area contributed by atoms with Gasteiger partial charge in [0, 0.05) is 33.2 Å². The molecular formula is C14H21F2NO3. The lowest BCUT2D eigenvalue weighted by atomic mass is 10.0. The summed E-state index contributed by atoms with van der Waals surface area (Å²) in [5.41, 5.74) is -0.669. The van der Waals surface area contributed by atoms with Crippen molar-refractivity contribution in [2.24, 2.45) is 0 Å². The molecule has 1 rings (SSSR count). The maximum Gasteiger partial charge on any atom is 0.159 e. The van der Waals surface area contributed by atoms with Gasteiger partial charge in [0.25, 0.3) is 0 Å². The second-order valence-corrected chi connectivity index (χ2v) is 5.06. The fourth-order valence-electron chi connectivity index (χ4n) is 1.73. The Morgan fingerprint density at radius 1 is 1.35 bits per heavy atom. The number of nitrogens with one attached hydrogen (secondary N) is 1. The molecule has 0 spiro atoms. The van der Waals surface area contributed by atoms with Crippen LogP contribution < -0.4 is 5.32 Å². The molecule has 0 saturated heterocycles. The van der Waals surface area contributed by atoms with E-state index in [-0.39, 0.29) is 18.7 Å². The molecule has 4 nitrogen and oxygen atoms in total. The van der Waals surface area contributed by atoms with E-state index in [9.17, 15) is 19.0 Å². The molecule has 0 aliphatic heterocycles. The lowest BCUT2D eigenvalue weighted by Gasteiger charge is -2.24. The molecule has 0 heterocycles. The second kappa shape index (κ2) is 7.64. The number of hydrogen-bond donors (Lipinski definition) is 3. The topological polar surface area (TPSA) is 61.7 Å². The van der Waals surface area contributed by atoms with E-state index in [1.54, 1.807) is 14.0 Å². The van der Waals surface area contributed by atoms with Crippen LogP contribution in [0.2, 0.25) is 0 Å². The molecule has 0 aromatic heterocycles. The number of ether oxygens (including phenoxy) is 1. The zero-order valence-corrected chi connectivity index (χ0v) is 11.7. The van der Waals surface area contributed by atoms with Crippen molar-refractivity contribution in [1.82, 2.24) is 5.32 Å². The molecule has 2 atom stereocenters. The molecule has 1 aromatic carbocycles. The van der Waals surface area contributed by atoms with Crippen LogP contribution in [0.4, 0.5) is 8.78 Å². The average Bonchev–Trinajstić information content (AvgIpc) is 2.39. The Balaban J connectivity index is 2.43. The molecule has 6 heteroatoms. The summed E-state index contributed by atoms with van der Waals surface area (Å²) in [6.07, 6.45) is -0.513. The molecule has 1 aromatic rings. The number of methoxy groups -OCH3 is 1. The summed E-state index contributed by atoms with van der Waals surface area (Å²) < 4.78 is 30.7. The summed E-state index contributed by atoms with van der Waals surface area (Å²) in [7, 11) is 1.55. The predicted octanol–water partition coefficient (Wildman–Crippen LogP) is 1.38. The fraction of sp³-hybridized carbons (Fsp3) is 0.571. The first-order valence-electron chi connectivity index (χ1n) is 6.41. The van der Waals surface area contributed by atoms with Crippen LogP contribution in [0.3, 0.4) is 0 Å². The van der Waals surface area contributed by atoms with Crippen molar-refractivity contribution in [2.45, 2.75) is 25.0 Å². The molecule has 0 aliphatic rings. The number of aliphatic hydroxyl groups is 2. The van der Waals surface area contributed by atoms with Crippen LogP contribution in [0, 0.1) is 11.6 Å². The van der Waals surface area contributed by atoms with Gasteiger partial charge in [-0.2, -0.15) is 0 Å². The van der Waals surface area contributed by atoms with Gasteiger partial charge in [-0.1, -0.05) is 6.07 Å². The number of benzene rings is 1. The van der Waals surface area contributed by atoms with Crippen molar-refractivity contribution < 1.29 is 23.7 Å². The molecule has 0 radical (unpaired) electrons. The highest BCUT2D eigenvalue weighted by molar-refractivity contribution is 5.20. The van der Waals surface area contributed by atoms with Crippen molar-refractivity contribution in [3.8, 4) is 0 Å². The van der Waals surface area contributed by atoms with E-state index in [4.69, 9.17) is 4.74 Å². The van der Waals surface area contributed by atoms with Gasteiger partial charge in [-0.3, -0.25) is 0 Å². The minimum Gasteiger partial charge on any atom is -0.389 e. The zero-order chi connectivity index (χ0) is 15.2. The summed E-state index contributed by atoms with van der Waals surface area (Å²) in [6, 6.07) is 3.27. The van der Waals surface area contributed by atoms with E-state index in [0.717, 1.165) is 12.1 Å². The molecule has 0 amide bonds. The molecule has 0 aliphatic carbocycles. The summed E-state index contributed by atoms with van der Waals surface area (Å²) in [5, 5.41) is 22.7. The molecule has 2 unspecified atom stereocenters. The van der Waals surface area contributed by atoms with Gasteiger partial charge >= 0.3 is 0 Å². The van der Waals surface area contributed by atoms with E-state index in [1.807, 2.05) is 0 Å². The Hall–Kier alpha value is -1.08. The Bertz CT molecular complexity index is 427. The maximum absolute atomic E-state index is 13.0. The second-order valence-electron chi connectivity index (χ2n) is 5.06. The van der Waals surface area contributed by atoms with Crippen molar-refractivity contribution in [2.75, 3.05) is 26.8 Å². The molecule has 0 fully saturated rings. The molecule has 3 N–H and O–H groups in total. The molecule has 0 saturated carbocycles. The average molecular weight is 289 g/mol. The van der Waals surface area contributed by atoms with Gasteiger partial charge in [0.2, 0.25) is 0 Å². The van der Waals surface area contributed by atoms with Crippen molar-refractivity contribution in [1.29, 1.82) is 0 Å². The van der Waals surface area contributed by atoms with E-state index < -0.39 is 23.3 Å². The highest BCUT2D eigenvalue weighted by Crippen LogP contribution is 2.16. The standard InChI is InChI=1S/C14H21F2NO3/c1-14(19,5-6-20-2)9-17-8-13(18)10-3-4-11(15)12(16)7-10/h3-4,7,13,17-19H,5-6,8-9H2,1-2H3. The largest absolute Gasteiger partial charge is 0.389 e. The maximum atomic E-state index is 13.0. The third-order valence-corrected chi connectivity index (χ3v) is 3.02. The summed E-state index contributed by atoms with van der Waals surface area (Å²) >= 11 is 0. The van der Waals surface area contributed by atoms with Gasteiger partial charge in [0.05, 0.1) is 11.7 Å². The molecule has 20 heavy (non-hydrogen) atoms. The van der Waals surface area contributed by atoms with Crippen LogP contribution >= 0.6 is 0 Å². The first-order valence-corrected chi connectivity index (χ1v) is 6.41. The van der Waals surface area contributed by atoms with Crippen LogP contribution in [-0.4, -0.2) is 42.6 Å².